The number of halogens is 2. The zero-order valence-corrected chi connectivity index (χ0v) is 16.1. The molecule has 126 valence electrons. The van der Waals surface area contributed by atoms with Crippen molar-refractivity contribution in [2.45, 2.75) is 6.92 Å². The number of nitrogens with zero attached hydrogens (tertiary/aromatic N) is 1. The van der Waals surface area contributed by atoms with Crippen LogP contribution in [-0.4, -0.2) is 24.5 Å². The van der Waals surface area contributed by atoms with Gasteiger partial charge in [0.05, 0.1) is 13.3 Å². The van der Waals surface area contributed by atoms with Gasteiger partial charge in [-0.1, -0.05) is 15.9 Å². The number of phenols is 1. The van der Waals surface area contributed by atoms with Crippen molar-refractivity contribution in [2.75, 3.05) is 12.4 Å². The fourth-order valence-corrected chi connectivity index (χ4v) is 2.54. The van der Waals surface area contributed by atoms with Crippen LogP contribution in [0.4, 0.5) is 10.5 Å². The highest BCUT2D eigenvalue weighted by molar-refractivity contribution is 9.10. The van der Waals surface area contributed by atoms with E-state index in [1.54, 1.807) is 12.1 Å². The molecule has 0 atom stereocenters. The molecular formula is C16H15Br2N3O3. The van der Waals surface area contributed by atoms with E-state index in [1.807, 2.05) is 19.1 Å². The van der Waals surface area contributed by atoms with Gasteiger partial charge in [-0.15, -0.1) is 0 Å². The number of hydrazone groups is 1. The number of benzene rings is 2. The number of rotatable bonds is 4. The highest BCUT2D eigenvalue weighted by Gasteiger charge is 2.07. The molecule has 0 radical (unpaired) electrons. The average molecular weight is 457 g/mol. The summed E-state index contributed by atoms with van der Waals surface area (Å²) in [7, 11) is 1.45. The lowest BCUT2D eigenvalue weighted by molar-refractivity contribution is 0.252. The maximum atomic E-state index is 11.8. The van der Waals surface area contributed by atoms with Crippen LogP contribution in [-0.2, 0) is 0 Å². The van der Waals surface area contributed by atoms with Gasteiger partial charge in [0.1, 0.15) is 0 Å². The monoisotopic (exact) mass is 455 g/mol. The zero-order valence-electron chi connectivity index (χ0n) is 12.9. The molecule has 8 heteroatoms. The Morgan fingerprint density at radius 2 is 2.00 bits per heavy atom. The van der Waals surface area contributed by atoms with Crippen LogP contribution in [0.1, 0.15) is 11.1 Å². The summed E-state index contributed by atoms with van der Waals surface area (Å²) in [6, 6.07) is 8.10. The van der Waals surface area contributed by atoms with Crippen LogP contribution in [0.15, 0.2) is 44.4 Å². The van der Waals surface area contributed by atoms with Crippen molar-refractivity contribution in [3.05, 3.63) is 50.4 Å². The molecule has 2 aromatic carbocycles. The number of hydrogen-bond acceptors (Lipinski definition) is 4. The first-order valence-corrected chi connectivity index (χ1v) is 8.42. The lowest BCUT2D eigenvalue weighted by Gasteiger charge is -2.07. The molecule has 0 aliphatic rings. The number of aromatic hydroxyl groups is 1. The van der Waals surface area contributed by atoms with E-state index in [-0.39, 0.29) is 5.75 Å². The van der Waals surface area contributed by atoms with Crippen LogP contribution < -0.4 is 15.5 Å². The van der Waals surface area contributed by atoms with Gasteiger partial charge in [0.15, 0.2) is 11.5 Å². The van der Waals surface area contributed by atoms with Crippen LogP contribution in [0.2, 0.25) is 0 Å². The maximum absolute atomic E-state index is 11.8. The minimum Gasteiger partial charge on any atom is -0.504 e. The van der Waals surface area contributed by atoms with Gasteiger partial charge in [-0.3, -0.25) is 0 Å². The van der Waals surface area contributed by atoms with Gasteiger partial charge in [0.2, 0.25) is 0 Å². The number of amides is 2. The second-order valence-corrected chi connectivity index (χ2v) is 6.54. The molecule has 3 N–H and O–H groups in total. The van der Waals surface area contributed by atoms with E-state index in [2.05, 4.69) is 47.7 Å². The second-order valence-electron chi connectivity index (χ2n) is 4.83. The zero-order chi connectivity index (χ0) is 17.7. The van der Waals surface area contributed by atoms with E-state index in [0.717, 1.165) is 10.0 Å². The number of anilines is 1. The Morgan fingerprint density at radius 3 is 2.67 bits per heavy atom. The summed E-state index contributed by atoms with van der Waals surface area (Å²) in [6.45, 7) is 1.93. The molecule has 0 saturated carbocycles. The summed E-state index contributed by atoms with van der Waals surface area (Å²) in [5.41, 5.74) is 4.69. The fraction of sp³-hybridized carbons (Fsp3) is 0.125. The SMILES string of the molecule is COc1cc(/C=N/NC(=O)Nc2ccc(Br)c(C)c2)c(Br)cc1O. The van der Waals surface area contributed by atoms with Crippen molar-refractivity contribution in [1.29, 1.82) is 0 Å². The molecule has 0 aliphatic carbocycles. The van der Waals surface area contributed by atoms with Gasteiger partial charge in [0, 0.05) is 20.2 Å². The Bertz CT molecular complexity index is 794. The standard InChI is InChI=1S/C16H15Br2N3O3/c1-9-5-11(3-4-12(9)17)20-16(23)21-19-8-10-6-15(24-2)14(22)7-13(10)18/h3-8,22H,1-2H3,(H2,20,21,23)/b19-8+. The molecule has 0 aliphatic heterocycles. The largest absolute Gasteiger partial charge is 0.504 e. The minimum atomic E-state index is -0.463. The summed E-state index contributed by atoms with van der Waals surface area (Å²) in [6.07, 6.45) is 1.44. The van der Waals surface area contributed by atoms with Gasteiger partial charge in [-0.2, -0.15) is 5.10 Å². The quantitative estimate of drug-likeness (QED) is 0.471. The molecule has 0 fully saturated rings. The van der Waals surface area contributed by atoms with Crippen molar-refractivity contribution in [3.8, 4) is 11.5 Å². The predicted octanol–water partition coefficient (Wildman–Crippen LogP) is 4.39. The highest BCUT2D eigenvalue weighted by Crippen LogP contribution is 2.31. The van der Waals surface area contributed by atoms with E-state index in [0.29, 0.717) is 21.5 Å². The lowest BCUT2D eigenvalue weighted by Crippen LogP contribution is -2.24. The normalized spacial score (nSPS) is 10.7. The second kappa shape index (κ2) is 8.16. The third-order valence-corrected chi connectivity index (χ3v) is 4.66. The molecule has 0 saturated heterocycles. The number of ether oxygens (including phenoxy) is 1. The summed E-state index contributed by atoms with van der Waals surface area (Å²) in [5, 5.41) is 16.2. The van der Waals surface area contributed by atoms with E-state index in [9.17, 15) is 9.90 Å². The van der Waals surface area contributed by atoms with E-state index < -0.39 is 6.03 Å². The first kappa shape index (κ1) is 18.3. The summed E-state index contributed by atoms with van der Waals surface area (Å²) < 4.78 is 6.62. The molecule has 0 aromatic heterocycles. The Balaban J connectivity index is 2.00. The van der Waals surface area contributed by atoms with E-state index in [1.165, 1.54) is 19.4 Å². The Morgan fingerprint density at radius 1 is 1.25 bits per heavy atom. The van der Waals surface area contributed by atoms with Crippen LogP contribution in [0.3, 0.4) is 0 Å². The van der Waals surface area contributed by atoms with Crippen LogP contribution in [0.25, 0.3) is 0 Å². The van der Waals surface area contributed by atoms with Crippen molar-refractivity contribution >= 4 is 49.8 Å². The number of carbonyl (C=O) groups is 1. The molecule has 6 nitrogen and oxygen atoms in total. The lowest BCUT2D eigenvalue weighted by atomic mass is 10.2. The minimum absolute atomic E-state index is 0.0119. The highest BCUT2D eigenvalue weighted by atomic mass is 79.9. The van der Waals surface area contributed by atoms with Gasteiger partial charge >= 0.3 is 6.03 Å². The molecule has 0 spiro atoms. The molecule has 2 aromatic rings. The van der Waals surface area contributed by atoms with Crippen LogP contribution >= 0.6 is 31.9 Å². The molecule has 2 rings (SSSR count). The summed E-state index contributed by atoms with van der Waals surface area (Å²) in [5.74, 6) is 0.326. The predicted molar refractivity (Wildman–Crippen MR) is 101 cm³/mol. The molecule has 0 heterocycles. The Labute approximate surface area is 156 Å². The molecule has 24 heavy (non-hydrogen) atoms. The molecular weight excluding hydrogens is 442 g/mol. The average Bonchev–Trinajstić information content (AvgIpc) is 2.53. The topological polar surface area (TPSA) is 83.0 Å². The number of nitrogens with one attached hydrogen (secondary N) is 2. The van der Waals surface area contributed by atoms with E-state index >= 15 is 0 Å². The summed E-state index contributed by atoms with van der Waals surface area (Å²) in [4.78, 5) is 11.8. The third kappa shape index (κ3) is 4.72. The van der Waals surface area contributed by atoms with Crippen molar-refractivity contribution in [3.63, 3.8) is 0 Å². The number of carbonyl (C=O) groups excluding carboxylic acids is 1. The van der Waals surface area contributed by atoms with Crippen molar-refractivity contribution in [1.82, 2.24) is 5.43 Å². The molecule has 0 unspecified atom stereocenters. The van der Waals surface area contributed by atoms with Gasteiger partial charge < -0.3 is 15.2 Å². The number of methoxy groups -OCH3 is 1. The molecule has 2 amide bonds. The van der Waals surface area contributed by atoms with Crippen LogP contribution in [0, 0.1) is 6.92 Å². The summed E-state index contributed by atoms with van der Waals surface area (Å²) >= 11 is 6.71. The fourth-order valence-electron chi connectivity index (χ4n) is 1.86. The number of urea groups is 1. The number of hydrogen-bond donors (Lipinski definition) is 3. The maximum Gasteiger partial charge on any atom is 0.339 e. The molecule has 0 bridgehead atoms. The first-order chi connectivity index (χ1) is 11.4. The van der Waals surface area contributed by atoms with Gasteiger partial charge in [-0.25, -0.2) is 10.2 Å². The van der Waals surface area contributed by atoms with Gasteiger partial charge in [-0.05, 0) is 58.7 Å². The Kier molecular flexibility index (Phi) is 6.22. The number of phenolic OH excluding ortho intramolecular Hbond substituents is 1. The van der Waals surface area contributed by atoms with Crippen molar-refractivity contribution < 1.29 is 14.6 Å². The third-order valence-electron chi connectivity index (χ3n) is 3.08. The Hall–Kier alpha value is -2.06. The van der Waals surface area contributed by atoms with E-state index in [4.69, 9.17) is 4.74 Å². The van der Waals surface area contributed by atoms with Crippen LogP contribution in [0.5, 0.6) is 11.5 Å². The first-order valence-electron chi connectivity index (χ1n) is 6.83. The van der Waals surface area contributed by atoms with Gasteiger partial charge in [0.25, 0.3) is 0 Å². The number of aryl methyl sites for hydroxylation is 1. The van der Waals surface area contributed by atoms with Crippen molar-refractivity contribution in [2.24, 2.45) is 5.10 Å². The smallest absolute Gasteiger partial charge is 0.339 e.